The van der Waals surface area contributed by atoms with Gasteiger partial charge in [0, 0.05) is 31.3 Å². The summed E-state index contributed by atoms with van der Waals surface area (Å²) in [5, 5.41) is 34.2. The smallest absolute Gasteiger partial charge is 0.261 e. The number of aliphatic hydroxyl groups is 2. The first-order valence-electron chi connectivity index (χ1n) is 12.5. The first-order valence-corrected chi connectivity index (χ1v) is 12.5. The van der Waals surface area contributed by atoms with Gasteiger partial charge in [-0.1, -0.05) is 42.5 Å². The van der Waals surface area contributed by atoms with Crippen molar-refractivity contribution in [1.82, 2.24) is 9.88 Å². The molecule has 1 saturated carbocycles. The molecule has 3 aromatic rings. The molecule has 5 atom stereocenters. The molecule has 9 heteroatoms. The van der Waals surface area contributed by atoms with Gasteiger partial charge in [0.15, 0.2) is 11.2 Å². The topological polar surface area (TPSA) is 98.8 Å². The third-order valence-corrected chi connectivity index (χ3v) is 8.33. The largest absolute Gasteiger partial charge is 0.495 e. The third-order valence-electron chi connectivity index (χ3n) is 8.33. The van der Waals surface area contributed by atoms with Crippen LogP contribution in [-0.2, 0) is 11.2 Å². The summed E-state index contributed by atoms with van der Waals surface area (Å²) in [6, 6.07) is 18.2. The number of nitrogens with zero attached hydrogens (tertiary/aromatic N) is 3. The molecule has 196 valence electrons. The van der Waals surface area contributed by atoms with Crippen molar-refractivity contribution in [1.29, 1.82) is 5.26 Å². The van der Waals surface area contributed by atoms with E-state index in [-0.39, 0.29) is 36.6 Å². The standard InChI is InChI=1S/C29H27F2N3O4/c1-37-22-14-33-15-23-25(22)28(36)26(35)21(16-34-12-11-27(30,31)17-34)24(19-5-3-2-4-6-19)29(28,38-23)20-9-7-18(13-32)8-10-20/h2-10,14-15,21,24,26,35-36H,11-12,16-17H2,1H3/t21-,24?,26-,28+,29+/m1/s1. The van der Waals surface area contributed by atoms with Crippen molar-refractivity contribution in [2.24, 2.45) is 5.92 Å². The highest BCUT2D eigenvalue weighted by Crippen LogP contribution is 2.69. The van der Waals surface area contributed by atoms with Crippen LogP contribution in [-0.4, -0.2) is 58.9 Å². The Labute approximate surface area is 218 Å². The summed E-state index contributed by atoms with van der Waals surface area (Å²) in [7, 11) is 1.45. The van der Waals surface area contributed by atoms with E-state index in [9.17, 15) is 24.3 Å². The second-order valence-corrected chi connectivity index (χ2v) is 10.3. The van der Waals surface area contributed by atoms with Gasteiger partial charge in [0.05, 0.1) is 49.3 Å². The van der Waals surface area contributed by atoms with E-state index >= 15 is 0 Å². The summed E-state index contributed by atoms with van der Waals surface area (Å²) in [6.45, 7) is -0.0990. The number of alkyl halides is 2. The number of ether oxygens (including phenoxy) is 2. The molecule has 1 saturated heterocycles. The first-order chi connectivity index (χ1) is 18.2. The van der Waals surface area contributed by atoms with Gasteiger partial charge in [-0.3, -0.25) is 9.88 Å². The molecule has 2 N–H and O–H groups in total. The van der Waals surface area contributed by atoms with E-state index in [1.807, 2.05) is 30.3 Å². The molecule has 2 aromatic carbocycles. The van der Waals surface area contributed by atoms with Crippen molar-refractivity contribution < 1.29 is 28.5 Å². The molecule has 7 nitrogen and oxygen atoms in total. The van der Waals surface area contributed by atoms with Crippen LogP contribution in [0.3, 0.4) is 0 Å². The molecular formula is C29H27F2N3O4. The zero-order chi connectivity index (χ0) is 26.7. The highest BCUT2D eigenvalue weighted by Gasteiger charge is 2.76. The van der Waals surface area contributed by atoms with Gasteiger partial charge in [-0.25, -0.2) is 8.78 Å². The van der Waals surface area contributed by atoms with Crippen LogP contribution in [0.4, 0.5) is 8.78 Å². The number of aliphatic hydroxyl groups excluding tert-OH is 1. The molecule has 6 rings (SSSR count). The quantitative estimate of drug-likeness (QED) is 0.532. The highest BCUT2D eigenvalue weighted by molar-refractivity contribution is 5.59. The number of halogens is 2. The average Bonchev–Trinajstić information content (AvgIpc) is 3.48. The van der Waals surface area contributed by atoms with Gasteiger partial charge in [0.25, 0.3) is 5.92 Å². The van der Waals surface area contributed by atoms with E-state index in [1.54, 1.807) is 29.2 Å². The van der Waals surface area contributed by atoms with Gasteiger partial charge in [0.2, 0.25) is 0 Å². The summed E-state index contributed by atoms with van der Waals surface area (Å²) >= 11 is 0. The summed E-state index contributed by atoms with van der Waals surface area (Å²) in [4.78, 5) is 5.85. The molecule has 1 aliphatic carbocycles. The Morgan fingerprint density at radius 1 is 1.16 bits per heavy atom. The van der Waals surface area contributed by atoms with Crippen molar-refractivity contribution >= 4 is 0 Å². The Kier molecular flexibility index (Phi) is 5.69. The molecule has 38 heavy (non-hydrogen) atoms. The minimum Gasteiger partial charge on any atom is -0.495 e. The van der Waals surface area contributed by atoms with Gasteiger partial charge >= 0.3 is 0 Å². The maximum atomic E-state index is 14.2. The third kappa shape index (κ3) is 3.37. The molecule has 1 unspecified atom stereocenters. The summed E-state index contributed by atoms with van der Waals surface area (Å²) in [5.74, 6) is -3.62. The normalized spacial score (nSPS) is 31.3. The molecular weight excluding hydrogens is 492 g/mol. The minimum absolute atomic E-state index is 0.128. The zero-order valence-electron chi connectivity index (χ0n) is 20.7. The first kappa shape index (κ1) is 24.7. The van der Waals surface area contributed by atoms with E-state index in [1.165, 1.54) is 19.5 Å². The summed E-state index contributed by atoms with van der Waals surface area (Å²) in [6.07, 6.45) is 1.27. The minimum atomic E-state index is -2.80. The fourth-order valence-corrected chi connectivity index (χ4v) is 6.79. The summed E-state index contributed by atoms with van der Waals surface area (Å²) in [5.41, 5.74) is -1.57. The van der Waals surface area contributed by atoms with Crippen LogP contribution in [0.2, 0.25) is 0 Å². The number of methoxy groups -OCH3 is 1. The molecule has 0 bridgehead atoms. The number of hydrogen-bond acceptors (Lipinski definition) is 7. The molecule has 0 radical (unpaired) electrons. The summed E-state index contributed by atoms with van der Waals surface area (Å²) < 4.78 is 40.6. The fraction of sp³-hybridized carbons (Fsp3) is 0.379. The highest BCUT2D eigenvalue weighted by atomic mass is 19.3. The van der Waals surface area contributed by atoms with Crippen molar-refractivity contribution in [3.05, 3.63) is 89.2 Å². The van der Waals surface area contributed by atoms with E-state index in [4.69, 9.17) is 9.47 Å². The van der Waals surface area contributed by atoms with Crippen LogP contribution >= 0.6 is 0 Å². The lowest BCUT2D eigenvalue weighted by atomic mass is 9.70. The van der Waals surface area contributed by atoms with Crippen molar-refractivity contribution in [3.8, 4) is 17.6 Å². The second kappa shape index (κ2) is 8.73. The Morgan fingerprint density at radius 2 is 1.89 bits per heavy atom. The lowest BCUT2D eigenvalue weighted by Crippen LogP contribution is -2.52. The lowest BCUT2D eigenvalue weighted by molar-refractivity contribution is -0.152. The van der Waals surface area contributed by atoms with E-state index < -0.39 is 41.6 Å². The van der Waals surface area contributed by atoms with Crippen LogP contribution < -0.4 is 9.47 Å². The van der Waals surface area contributed by atoms with Gasteiger partial charge in [0.1, 0.15) is 11.5 Å². The van der Waals surface area contributed by atoms with Gasteiger partial charge < -0.3 is 19.7 Å². The van der Waals surface area contributed by atoms with Crippen molar-refractivity contribution in [2.45, 2.75) is 35.6 Å². The maximum Gasteiger partial charge on any atom is 0.261 e. The molecule has 2 aliphatic heterocycles. The van der Waals surface area contributed by atoms with E-state index in [0.29, 0.717) is 11.1 Å². The Balaban J connectivity index is 1.60. The predicted molar refractivity (Wildman–Crippen MR) is 133 cm³/mol. The zero-order valence-corrected chi connectivity index (χ0v) is 20.7. The monoisotopic (exact) mass is 519 g/mol. The van der Waals surface area contributed by atoms with Crippen LogP contribution in [0.15, 0.2) is 67.0 Å². The number of rotatable bonds is 5. The number of fused-ring (bicyclic) bond motifs is 3. The van der Waals surface area contributed by atoms with Crippen molar-refractivity contribution in [3.63, 3.8) is 0 Å². The van der Waals surface area contributed by atoms with Crippen LogP contribution in [0.25, 0.3) is 0 Å². The Hall–Kier alpha value is -3.58. The second-order valence-electron chi connectivity index (χ2n) is 10.3. The molecule has 0 spiro atoms. The van der Waals surface area contributed by atoms with Crippen LogP contribution in [0, 0.1) is 17.2 Å². The number of benzene rings is 2. The van der Waals surface area contributed by atoms with Crippen LogP contribution in [0.1, 0.15) is 34.6 Å². The van der Waals surface area contributed by atoms with Crippen molar-refractivity contribution in [2.75, 3.05) is 26.7 Å². The number of pyridine rings is 1. The number of hydrogen-bond donors (Lipinski definition) is 2. The molecule has 2 fully saturated rings. The average molecular weight is 520 g/mol. The molecule has 0 amide bonds. The molecule has 1 aromatic heterocycles. The van der Waals surface area contributed by atoms with Gasteiger partial charge in [-0.15, -0.1) is 0 Å². The Bertz CT molecular complexity index is 1400. The number of aromatic nitrogens is 1. The Morgan fingerprint density at radius 3 is 2.53 bits per heavy atom. The van der Waals surface area contributed by atoms with Gasteiger partial charge in [-0.05, 0) is 23.3 Å². The SMILES string of the molecule is COc1cncc2c1[C@]1(O)[C@H](O)[C@H](CN3CCC(F)(F)C3)C(c3ccccc3)[C@]1(c1ccc(C#N)cc1)O2. The molecule has 3 aliphatic rings. The maximum absolute atomic E-state index is 14.2. The van der Waals surface area contributed by atoms with Crippen LogP contribution in [0.5, 0.6) is 11.5 Å². The number of nitriles is 1. The van der Waals surface area contributed by atoms with E-state index in [0.717, 1.165) is 5.56 Å². The predicted octanol–water partition coefficient (Wildman–Crippen LogP) is 3.55. The molecule has 3 heterocycles. The van der Waals surface area contributed by atoms with E-state index in [2.05, 4.69) is 11.1 Å². The van der Waals surface area contributed by atoms with Gasteiger partial charge in [-0.2, -0.15) is 5.26 Å². The fourth-order valence-electron chi connectivity index (χ4n) is 6.79. The number of likely N-dealkylation sites (tertiary alicyclic amines) is 1. The lowest BCUT2D eigenvalue weighted by Gasteiger charge is -2.41.